The molecule has 1 heteroatoms. The minimum Gasteiger partial charge on any atom is -0.0887 e. The number of benzene rings is 1. The molecule has 0 aliphatic carbocycles. The normalized spacial score (nSPS) is 15.4. The van der Waals surface area contributed by atoms with Crippen molar-refractivity contribution in [1.29, 1.82) is 0 Å². The standard InChI is InChI=1S/C12H17Br/c1-4-11-5-7-12(8-6-11)9(2)10(3)13/h5-10H,4H2,1-3H3. The summed E-state index contributed by atoms with van der Waals surface area (Å²) in [6.07, 6.45) is 1.12. The van der Waals surface area contributed by atoms with Gasteiger partial charge in [-0.25, -0.2) is 0 Å². The molecule has 0 saturated heterocycles. The zero-order chi connectivity index (χ0) is 9.84. The third kappa shape index (κ3) is 2.84. The molecule has 13 heavy (non-hydrogen) atoms. The topological polar surface area (TPSA) is 0 Å². The Morgan fingerprint density at radius 3 is 2.08 bits per heavy atom. The van der Waals surface area contributed by atoms with Crippen LogP contribution < -0.4 is 0 Å². The molecule has 0 aromatic heterocycles. The smallest absolute Gasteiger partial charge is 0.0183 e. The Morgan fingerprint density at radius 2 is 1.69 bits per heavy atom. The first kappa shape index (κ1) is 10.8. The van der Waals surface area contributed by atoms with Crippen molar-refractivity contribution in [2.45, 2.75) is 37.9 Å². The van der Waals surface area contributed by atoms with Crippen LogP contribution in [0.25, 0.3) is 0 Å². The van der Waals surface area contributed by atoms with Crippen molar-refractivity contribution in [3.05, 3.63) is 35.4 Å². The molecule has 0 amide bonds. The summed E-state index contributed by atoms with van der Waals surface area (Å²) in [5, 5.41) is 0. The van der Waals surface area contributed by atoms with Gasteiger partial charge in [-0.2, -0.15) is 0 Å². The Hall–Kier alpha value is -0.300. The second-order valence-electron chi connectivity index (χ2n) is 3.56. The van der Waals surface area contributed by atoms with Gasteiger partial charge in [0.2, 0.25) is 0 Å². The van der Waals surface area contributed by atoms with Crippen LogP contribution in [0.4, 0.5) is 0 Å². The van der Waals surface area contributed by atoms with E-state index in [1.54, 1.807) is 0 Å². The van der Waals surface area contributed by atoms with Gasteiger partial charge in [0.05, 0.1) is 0 Å². The van der Waals surface area contributed by atoms with Crippen molar-refractivity contribution in [2.75, 3.05) is 0 Å². The minimum absolute atomic E-state index is 0.542. The van der Waals surface area contributed by atoms with Gasteiger partial charge in [0.15, 0.2) is 0 Å². The maximum absolute atomic E-state index is 3.61. The van der Waals surface area contributed by atoms with Gasteiger partial charge < -0.3 is 0 Å². The van der Waals surface area contributed by atoms with Crippen molar-refractivity contribution in [1.82, 2.24) is 0 Å². The molecule has 2 atom stereocenters. The first-order valence-corrected chi connectivity index (χ1v) is 5.79. The molecule has 1 aromatic carbocycles. The summed E-state index contributed by atoms with van der Waals surface area (Å²) in [7, 11) is 0. The Kier molecular flexibility index (Phi) is 3.98. The summed E-state index contributed by atoms with van der Waals surface area (Å²) in [5.74, 6) is 0.589. The van der Waals surface area contributed by atoms with E-state index in [9.17, 15) is 0 Å². The summed E-state index contributed by atoms with van der Waals surface area (Å²) >= 11 is 3.61. The second kappa shape index (κ2) is 4.80. The fourth-order valence-corrected chi connectivity index (χ4v) is 1.63. The van der Waals surface area contributed by atoms with E-state index in [0.717, 1.165) is 6.42 Å². The number of rotatable bonds is 3. The first-order chi connectivity index (χ1) is 6.15. The zero-order valence-corrected chi connectivity index (χ0v) is 10.1. The highest BCUT2D eigenvalue weighted by atomic mass is 79.9. The van der Waals surface area contributed by atoms with Crippen LogP contribution in [0.15, 0.2) is 24.3 Å². The molecular weight excluding hydrogens is 224 g/mol. The van der Waals surface area contributed by atoms with Crippen LogP contribution in [-0.4, -0.2) is 4.83 Å². The molecule has 0 heterocycles. The van der Waals surface area contributed by atoms with E-state index < -0.39 is 0 Å². The van der Waals surface area contributed by atoms with Gasteiger partial charge in [-0.15, -0.1) is 0 Å². The van der Waals surface area contributed by atoms with Crippen molar-refractivity contribution in [3.63, 3.8) is 0 Å². The predicted molar refractivity (Wildman–Crippen MR) is 62.6 cm³/mol. The largest absolute Gasteiger partial charge is 0.0887 e. The summed E-state index contributed by atoms with van der Waals surface area (Å²) in [4.78, 5) is 0.542. The Labute approximate surface area is 89.5 Å². The monoisotopic (exact) mass is 240 g/mol. The number of halogens is 1. The average Bonchev–Trinajstić information content (AvgIpc) is 2.17. The van der Waals surface area contributed by atoms with E-state index in [1.165, 1.54) is 11.1 Å². The van der Waals surface area contributed by atoms with Crippen LogP contribution in [0, 0.1) is 0 Å². The van der Waals surface area contributed by atoms with Crippen molar-refractivity contribution in [2.24, 2.45) is 0 Å². The van der Waals surface area contributed by atoms with E-state index in [1.807, 2.05) is 0 Å². The highest BCUT2D eigenvalue weighted by molar-refractivity contribution is 9.09. The fraction of sp³-hybridized carbons (Fsp3) is 0.500. The van der Waals surface area contributed by atoms with Gasteiger partial charge >= 0.3 is 0 Å². The van der Waals surface area contributed by atoms with Gasteiger partial charge in [-0.3, -0.25) is 0 Å². The Balaban J connectivity index is 2.79. The third-order valence-electron chi connectivity index (χ3n) is 2.60. The van der Waals surface area contributed by atoms with E-state index in [0.29, 0.717) is 10.7 Å². The Morgan fingerprint density at radius 1 is 1.15 bits per heavy atom. The van der Waals surface area contributed by atoms with E-state index >= 15 is 0 Å². The highest BCUT2D eigenvalue weighted by Gasteiger charge is 2.10. The van der Waals surface area contributed by atoms with Gasteiger partial charge in [-0.05, 0) is 23.5 Å². The number of hydrogen-bond acceptors (Lipinski definition) is 0. The second-order valence-corrected chi connectivity index (χ2v) is 5.01. The first-order valence-electron chi connectivity index (χ1n) is 4.88. The molecule has 0 fully saturated rings. The van der Waals surface area contributed by atoms with Gasteiger partial charge in [0.1, 0.15) is 0 Å². The molecule has 1 aromatic rings. The third-order valence-corrected chi connectivity index (χ3v) is 3.40. The molecule has 0 bridgehead atoms. The molecule has 0 aliphatic heterocycles. The predicted octanol–water partition coefficient (Wildman–Crippen LogP) is 4.14. The average molecular weight is 241 g/mol. The lowest BCUT2D eigenvalue weighted by molar-refractivity contribution is 0.761. The van der Waals surface area contributed by atoms with Crippen LogP contribution in [0.5, 0.6) is 0 Å². The molecule has 1 rings (SSSR count). The molecule has 0 N–H and O–H groups in total. The molecule has 0 nitrogen and oxygen atoms in total. The zero-order valence-electron chi connectivity index (χ0n) is 8.55. The summed E-state index contributed by atoms with van der Waals surface area (Å²) in [5.41, 5.74) is 2.83. The SMILES string of the molecule is CCc1ccc(C(C)C(C)Br)cc1. The summed E-state index contributed by atoms with van der Waals surface area (Å²) in [6, 6.07) is 8.92. The maximum atomic E-state index is 3.61. The van der Waals surface area contributed by atoms with Crippen molar-refractivity contribution >= 4 is 15.9 Å². The quantitative estimate of drug-likeness (QED) is 0.698. The Bertz CT molecular complexity index is 248. The number of hydrogen-bond donors (Lipinski definition) is 0. The van der Waals surface area contributed by atoms with Crippen LogP contribution in [0.3, 0.4) is 0 Å². The van der Waals surface area contributed by atoms with Gasteiger partial charge in [-0.1, -0.05) is 61.0 Å². The van der Waals surface area contributed by atoms with Crippen molar-refractivity contribution in [3.8, 4) is 0 Å². The number of alkyl halides is 1. The molecule has 2 unspecified atom stereocenters. The molecule has 0 saturated carbocycles. The van der Waals surface area contributed by atoms with E-state index in [-0.39, 0.29) is 0 Å². The summed E-state index contributed by atoms with van der Waals surface area (Å²) < 4.78 is 0. The van der Waals surface area contributed by atoms with Crippen molar-refractivity contribution < 1.29 is 0 Å². The van der Waals surface area contributed by atoms with E-state index in [2.05, 4.69) is 61.0 Å². The minimum atomic E-state index is 0.542. The van der Waals surface area contributed by atoms with Gasteiger partial charge in [0.25, 0.3) is 0 Å². The lowest BCUT2D eigenvalue weighted by Gasteiger charge is -2.14. The lowest BCUT2D eigenvalue weighted by atomic mass is 9.97. The maximum Gasteiger partial charge on any atom is 0.0183 e. The van der Waals surface area contributed by atoms with Gasteiger partial charge in [0, 0.05) is 4.83 Å². The lowest BCUT2D eigenvalue weighted by Crippen LogP contribution is -2.04. The molecule has 0 radical (unpaired) electrons. The molecule has 0 spiro atoms. The van der Waals surface area contributed by atoms with Crippen LogP contribution in [-0.2, 0) is 6.42 Å². The van der Waals surface area contributed by atoms with E-state index in [4.69, 9.17) is 0 Å². The number of aryl methyl sites for hydroxylation is 1. The summed E-state index contributed by atoms with van der Waals surface area (Å²) in [6.45, 7) is 6.63. The molecule has 72 valence electrons. The fourth-order valence-electron chi connectivity index (χ4n) is 1.32. The molecular formula is C12H17Br. The van der Waals surface area contributed by atoms with Crippen LogP contribution in [0.1, 0.15) is 37.8 Å². The highest BCUT2D eigenvalue weighted by Crippen LogP contribution is 2.24. The molecule has 0 aliphatic rings. The van der Waals surface area contributed by atoms with Crippen LogP contribution >= 0.6 is 15.9 Å². The van der Waals surface area contributed by atoms with Crippen LogP contribution in [0.2, 0.25) is 0 Å².